The molecule has 0 bridgehead atoms. The molecule has 17 nitrogen and oxygen atoms in total. The minimum Gasteiger partial charge on any atom is -0.491 e. The lowest BCUT2D eigenvalue weighted by Crippen LogP contribution is -2.28. The van der Waals surface area contributed by atoms with Gasteiger partial charge in [-0.3, -0.25) is 9.59 Å². The Morgan fingerprint density at radius 2 is 1.28 bits per heavy atom. The summed E-state index contributed by atoms with van der Waals surface area (Å²) in [6.45, 7) is 12.6. The van der Waals surface area contributed by atoms with E-state index in [1.165, 1.54) is 16.7 Å². The first-order valence-corrected chi connectivity index (χ1v) is 23.8. The summed E-state index contributed by atoms with van der Waals surface area (Å²) in [6.07, 6.45) is 1.18. The number of H-pyrrole nitrogens is 1. The number of nitrogens with zero attached hydrogens (tertiary/aromatic N) is 1. The fraction of sp³-hybridized carbons (Fsp3) is 0.389. The molecule has 2 amide bonds. The van der Waals surface area contributed by atoms with Gasteiger partial charge in [0.2, 0.25) is 0 Å². The molecule has 0 saturated heterocycles. The quantitative estimate of drug-likeness (QED) is 0.0317. The third-order valence-electron chi connectivity index (χ3n) is 11.0. The number of nitrogens with one attached hydrogen (secondary N) is 3. The molecule has 4 N–H and O–H groups in total. The molecule has 18 heteroatoms. The molecule has 0 unspecified atom stereocenters. The number of aromatic amines is 1. The number of hydrogen-bond donors (Lipinski definition) is 4. The minimum absolute atomic E-state index is 0.154. The van der Waals surface area contributed by atoms with Crippen molar-refractivity contribution in [3.63, 3.8) is 0 Å². The highest BCUT2D eigenvalue weighted by atomic mass is 19.1. The van der Waals surface area contributed by atoms with Gasteiger partial charge in [0.15, 0.2) is 0 Å². The predicted molar refractivity (Wildman–Crippen MR) is 270 cm³/mol. The van der Waals surface area contributed by atoms with Crippen LogP contribution in [0.4, 0.5) is 14.9 Å². The molecule has 72 heavy (non-hydrogen) atoms. The molecular weight excluding hydrogens is 932 g/mol. The van der Waals surface area contributed by atoms with Gasteiger partial charge >= 0.3 is 6.09 Å². The van der Waals surface area contributed by atoms with Crippen LogP contribution >= 0.6 is 0 Å². The van der Waals surface area contributed by atoms with E-state index >= 15 is 0 Å². The Hall–Kier alpha value is -6.64. The normalized spacial score (nSPS) is 11.5. The van der Waals surface area contributed by atoms with Crippen molar-refractivity contribution in [3.05, 3.63) is 141 Å². The molecule has 0 radical (unpaired) electrons. The van der Waals surface area contributed by atoms with Crippen molar-refractivity contribution in [2.45, 2.75) is 39.9 Å². The number of hydrogen-bond acceptors (Lipinski definition) is 13. The third-order valence-corrected chi connectivity index (χ3v) is 11.0. The maximum Gasteiger partial charge on any atom is 0.407 e. The van der Waals surface area contributed by atoms with Crippen molar-refractivity contribution >= 4 is 28.6 Å². The van der Waals surface area contributed by atoms with Crippen LogP contribution in [0.3, 0.4) is 0 Å². The third kappa shape index (κ3) is 17.0. The standard InChI is InChI=1S/C54H65FN4O13/c1-37-31-41(55)32-38(2)50(37)72-48-16-11-40(54(3,4)63)33-44(48)46-35-59(5)52(61)49-45(46)34-47(58-49)51(60)57-42-12-14-43(15-13-42)70-30-29-69-28-27-68-26-25-67-24-23-66-22-21-65-20-19-64-18-17-56-53(62)71-36-39-9-7-6-8-10-39/h6-16,31-35,58,63H,17-30,36H2,1-5H3,(H,56,62)(H,57,60). The number of fused-ring (bicyclic) bond motifs is 1. The zero-order valence-corrected chi connectivity index (χ0v) is 41.5. The first-order chi connectivity index (χ1) is 34.8. The predicted octanol–water partition coefficient (Wildman–Crippen LogP) is 7.97. The van der Waals surface area contributed by atoms with Crippen LogP contribution in [0.15, 0.2) is 102 Å². The van der Waals surface area contributed by atoms with E-state index in [1.54, 1.807) is 89.5 Å². The van der Waals surface area contributed by atoms with E-state index in [-0.39, 0.29) is 29.2 Å². The second kappa shape index (κ2) is 27.8. The summed E-state index contributed by atoms with van der Waals surface area (Å²) in [5.41, 5.74) is 3.17. The molecule has 386 valence electrons. The smallest absolute Gasteiger partial charge is 0.407 e. The van der Waals surface area contributed by atoms with Crippen LogP contribution in [0.1, 0.15) is 46.6 Å². The van der Waals surface area contributed by atoms with Gasteiger partial charge in [-0.25, -0.2) is 9.18 Å². The number of pyridine rings is 1. The summed E-state index contributed by atoms with van der Waals surface area (Å²) >= 11 is 0. The Morgan fingerprint density at radius 3 is 1.86 bits per heavy atom. The molecule has 6 rings (SSSR count). The first kappa shape index (κ1) is 54.7. The number of aryl methyl sites for hydroxylation is 3. The van der Waals surface area contributed by atoms with Crippen LogP contribution < -0.4 is 25.7 Å². The maximum absolute atomic E-state index is 14.2. The summed E-state index contributed by atoms with van der Waals surface area (Å²) in [4.78, 5) is 41.8. The first-order valence-electron chi connectivity index (χ1n) is 23.8. The zero-order valence-electron chi connectivity index (χ0n) is 41.5. The van der Waals surface area contributed by atoms with Crippen LogP contribution in [0.2, 0.25) is 0 Å². The van der Waals surface area contributed by atoms with Crippen molar-refractivity contribution < 1.29 is 61.7 Å². The summed E-state index contributed by atoms with van der Waals surface area (Å²) in [7, 11) is 1.62. The molecule has 4 aromatic carbocycles. The Bertz CT molecular complexity index is 2700. The van der Waals surface area contributed by atoms with Crippen LogP contribution in [-0.2, 0) is 52.4 Å². The highest BCUT2D eigenvalue weighted by molar-refractivity contribution is 6.08. The number of amides is 2. The van der Waals surface area contributed by atoms with Gasteiger partial charge in [-0.2, -0.15) is 0 Å². The summed E-state index contributed by atoms with van der Waals surface area (Å²) in [5.74, 6) is 0.639. The Labute approximate surface area is 418 Å². The average molecular weight is 997 g/mol. The van der Waals surface area contributed by atoms with E-state index in [9.17, 15) is 23.9 Å². The van der Waals surface area contributed by atoms with Crippen LogP contribution in [-0.4, -0.2) is 119 Å². The number of halogens is 1. The van der Waals surface area contributed by atoms with Gasteiger partial charge in [0.25, 0.3) is 11.5 Å². The summed E-state index contributed by atoms with van der Waals surface area (Å²) < 4.78 is 66.1. The lowest BCUT2D eigenvalue weighted by atomic mass is 9.93. The largest absolute Gasteiger partial charge is 0.491 e. The number of carbonyl (C=O) groups excluding carboxylic acids is 2. The SMILES string of the molecule is Cc1cc(F)cc(C)c1Oc1ccc(C(C)(C)O)cc1-c1cn(C)c(=O)c2[nH]c(C(=O)Nc3ccc(OCCOCCOCCOCCOCCOCCOCCNC(=O)OCc4ccccc4)cc3)cc12. The van der Waals surface area contributed by atoms with Gasteiger partial charge in [-0.1, -0.05) is 36.4 Å². The fourth-order valence-corrected chi connectivity index (χ4v) is 7.30. The number of anilines is 1. The number of aromatic nitrogens is 2. The Balaban J connectivity index is 0.825. The van der Waals surface area contributed by atoms with Crippen molar-refractivity contribution in [1.82, 2.24) is 14.9 Å². The van der Waals surface area contributed by atoms with E-state index < -0.39 is 17.6 Å². The van der Waals surface area contributed by atoms with Crippen molar-refractivity contribution in [2.75, 3.05) is 97.8 Å². The zero-order chi connectivity index (χ0) is 51.3. The van der Waals surface area contributed by atoms with Crippen molar-refractivity contribution in [2.24, 2.45) is 7.05 Å². The topological polar surface area (TPSA) is 199 Å². The second-order valence-electron chi connectivity index (χ2n) is 17.2. The van der Waals surface area contributed by atoms with Gasteiger partial charge in [-0.15, -0.1) is 0 Å². The van der Waals surface area contributed by atoms with Crippen molar-refractivity contribution in [1.29, 1.82) is 0 Å². The van der Waals surface area contributed by atoms with E-state index in [1.807, 2.05) is 30.3 Å². The highest BCUT2D eigenvalue weighted by Gasteiger charge is 2.23. The summed E-state index contributed by atoms with van der Waals surface area (Å²) in [6, 6.07) is 26.0. The number of rotatable bonds is 30. The average Bonchev–Trinajstić information content (AvgIpc) is 3.82. The van der Waals surface area contributed by atoms with E-state index in [4.69, 9.17) is 42.6 Å². The summed E-state index contributed by atoms with van der Waals surface area (Å²) in [5, 5.41) is 16.9. The minimum atomic E-state index is -1.21. The lowest BCUT2D eigenvalue weighted by molar-refractivity contribution is -0.0176. The molecule has 0 spiro atoms. The van der Waals surface area contributed by atoms with Crippen molar-refractivity contribution in [3.8, 4) is 28.4 Å². The van der Waals surface area contributed by atoms with E-state index in [0.717, 1.165) is 5.56 Å². The molecular formula is C54H65FN4O13. The number of ether oxygens (including phenoxy) is 9. The molecule has 0 aliphatic heterocycles. The molecule has 2 aromatic heterocycles. The van der Waals surface area contributed by atoms with Crippen LogP contribution in [0, 0.1) is 19.7 Å². The van der Waals surface area contributed by atoms with E-state index in [0.29, 0.717) is 149 Å². The van der Waals surface area contributed by atoms with Crippen LogP contribution in [0.5, 0.6) is 17.2 Å². The van der Waals surface area contributed by atoms with Gasteiger partial charge < -0.3 is 67.9 Å². The number of alkyl carbamates (subject to hydrolysis) is 1. The molecule has 0 fully saturated rings. The van der Waals surface area contributed by atoms with Gasteiger partial charge in [0, 0.05) is 42.0 Å². The second-order valence-corrected chi connectivity index (χ2v) is 17.2. The Kier molecular flexibility index (Phi) is 21.1. The highest BCUT2D eigenvalue weighted by Crippen LogP contribution is 2.41. The molecule has 0 aliphatic rings. The van der Waals surface area contributed by atoms with Gasteiger partial charge in [-0.05, 0) is 105 Å². The lowest BCUT2D eigenvalue weighted by Gasteiger charge is -2.22. The van der Waals surface area contributed by atoms with Gasteiger partial charge in [0.1, 0.15) is 47.5 Å². The molecule has 6 aromatic rings. The molecule has 0 atom stereocenters. The number of carbonyl (C=O) groups is 2. The van der Waals surface area contributed by atoms with Gasteiger partial charge in [0.05, 0.1) is 84.9 Å². The number of aliphatic hydroxyl groups is 1. The van der Waals surface area contributed by atoms with E-state index in [2.05, 4.69) is 15.6 Å². The fourth-order valence-electron chi connectivity index (χ4n) is 7.30. The Morgan fingerprint density at radius 1 is 0.708 bits per heavy atom. The maximum atomic E-state index is 14.2. The monoisotopic (exact) mass is 996 g/mol. The molecule has 2 heterocycles. The molecule has 0 saturated carbocycles. The number of benzene rings is 4. The molecule has 0 aliphatic carbocycles. The van der Waals surface area contributed by atoms with Crippen LogP contribution in [0.25, 0.3) is 22.0 Å².